The van der Waals surface area contributed by atoms with Gasteiger partial charge in [0, 0.05) is 19.6 Å². The van der Waals surface area contributed by atoms with Crippen molar-refractivity contribution >= 4 is 0 Å². The summed E-state index contributed by atoms with van der Waals surface area (Å²) in [7, 11) is 0. The monoisotopic (exact) mass is 314 g/mol. The standard InChI is InChI=1S/C15H17F3N2O2/c16-15(17,18)14(21)10-20-6-4-12(5-7-20)22-13-3-1-2-11(8-13)9-19/h1-3,8,12,14,21H,4-7,10H2. The van der Waals surface area contributed by atoms with Crippen LogP contribution in [0.5, 0.6) is 5.75 Å². The number of hydrogen-bond donors (Lipinski definition) is 1. The molecule has 4 nitrogen and oxygen atoms in total. The molecule has 0 spiro atoms. The quantitative estimate of drug-likeness (QED) is 0.927. The highest BCUT2D eigenvalue weighted by Gasteiger charge is 2.39. The summed E-state index contributed by atoms with van der Waals surface area (Å²) in [4.78, 5) is 1.59. The van der Waals surface area contributed by atoms with Gasteiger partial charge in [0.25, 0.3) is 0 Å². The number of rotatable bonds is 4. The van der Waals surface area contributed by atoms with Crippen LogP contribution in [0.3, 0.4) is 0 Å². The zero-order valence-corrected chi connectivity index (χ0v) is 11.9. The van der Waals surface area contributed by atoms with E-state index < -0.39 is 18.8 Å². The lowest BCUT2D eigenvalue weighted by molar-refractivity contribution is -0.208. The Morgan fingerprint density at radius 2 is 2.05 bits per heavy atom. The van der Waals surface area contributed by atoms with Gasteiger partial charge in [0.1, 0.15) is 11.9 Å². The lowest BCUT2D eigenvalue weighted by Gasteiger charge is -2.33. The summed E-state index contributed by atoms with van der Waals surface area (Å²) in [6.45, 7) is 0.478. The third-order valence-corrected chi connectivity index (χ3v) is 3.61. The molecule has 22 heavy (non-hydrogen) atoms. The summed E-state index contributed by atoms with van der Waals surface area (Å²) in [5, 5.41) is 17.9. The van der Waals surface area contributed by atoms with Crippen LogP contribution in [0.2, 0.25) is 0 Å². The van der Waals surface area contributed by atoms with Crippen LogP contribution in [-0.4, -0.2) is 48.0 Å². The summed E-state index contributed by atoms with van der Waals surface area (Å²) in [5.74, 6) is 0.591. The Balaban J connectivity index is 1.81. The van der Waals surface area contributed by atoms with E-state index in [0.717, 1.165) is 0 Å². The number of halogens is 3. The number of nitriles is 1. The van der Waals surface area contributed by atoms with Crippen molar-refractivity contribution in [3.63, 3.8) is 0 Å². The fraction of sp³-hybridized carbons (Fsp3) is 0.533. The highest BCUT2D eigenvalue weighted by atomic mass is 19.4. The third kappa shape index (κ3) is 4.61. The SMILES string of the molecule is N#Cc1cccc(OC2CCN(CC(O)C(F)(F)F)CC2)c1. The summed E-state index contributed by atoms with van der Waals surface area (Å²) in [5.41, 5.74) is 0.503. The van der Waals surface area contributed by atoms with E-state index in [0.29, 0.717) is 37.2 Å². The molecule has 0 aromatic heterocycles. The number of ether oxygens (including phenoxy) is 1. The van der Waals surface area contributed by atoms with Crippen molar-refractivity contribution < 1.29 is 23.0 Å². The number of aliphatic hydroxyl groups excluding tert-OH is 1. The van der Waals surface area contributed by atoms with E-state index in [1.807, 2.05) is 6.07 Å². The first-order chi connectivity index (χ1) is 10.4. The summed E-state index contributed by atoms with van der Waals surface area (Å²) in [6.07, 6.45) is -5.81. The van der Waals surface area contributed by atoms with E-state index in [9.17, 15) is 13.2 Å². The number of benzene rings is 1. The molecule has 2 rings (SSSR count). The van der Waals surface area contributed by atoms with Crippen molar-refractivity contribution in [3.05, 3.63) is 29.8 Å². The molecule has 7 heteroatoms. The average molecular weight is 314 g/mol. The Morgan fingerprint density at radius 1 is 1.36 bits per heavy atom. The van der Waals surface area contributed by atoms with Gasteiger partial charge in [0.2, 0.25) is 0 Å². The lowest BCUT2D eigenvalue weighted by Crippen LogP contribution is -2.45. The first kappa shape index (κ1) is 16.6. The fourth-order valence-corrected chi connectivity index (χ4v) is 2.39. The Bertz CT molecular complexity index is 534. The Morgan fingerprint density at radius 3 is 2.64 bits per heavy atom. The molecule has 1 heterocycles. The van der Waals surface area contributed by atoms with E-state index in [4.69, 9.17) is 15.1 Å². The molecule has 1 aliphatic heterocycles. The maximum absolute atomic E-state index is 12.3. The molecule has 120 valence electrons. The molecule has 1 aromatic rings. The maximum Gasteiger partial charge on any atom is 0.415 e. The van der Waals surface area contributed by atoms with Gasteiger partial charge in [-0.25, -0.2) is 0 Å². The molecule has 1 saturated heterocycles. The van der Waals surface area contributed by atoms with Gasteiger partial charge in [0.05, 0.1) is 11.6 Å². The third-order valence-electron chi connectivity index (χ3n) is 3.61. The Hall–Kier alpha value is -1.78. The molecule has 1 N–H and O–H groups in total. The molecule has 1 aliphatic rings. The second kappa shape index (κ2) is 6.99. The highest BCUT2D eigenvalue weighted by Crippen LogP contribution is 2.23. The normalized spacial score (nSPS) is 18.7. The summed E-state index contributed by atoms with van der Waals surface area (Å²) in [6, 6.07) is 8.81. The van der Waals surface area contributed by atoms with E-state index in [2.05, 4.69) is 0 Å². The van der Waals surface area contributed by atoms with Crippen molar-refractivity contribution in [2.24, 2.45) is 0 Å². The molecule has 0 aliphatic carbocycles. The lowest BCUT2D eigenvalue weighted by atomic mass is 10.1. The maximum atomic E-state index is 12.3. The largest absolute Gasteiger partial charge is 0.490 e. The van der Waals surface area contributed by atoms with Gasteiger partial charge in [-0.15, -0.1) is 0 Å². The van der Waals surface area contributed by atoms with Gasteiger partial charge in [-0.05, 0) is 31.0 Å². The topological polar surface area (TPSA) is 56.5 Å². The van der Waals surface area contributed by atoms with Crippen molar-refractivity contribution in [2.75, 3.05) is 19.6 Å². The first-order valence-electron chi connectivity index (χ1n) is 7.02. The second-order valence-corrected chi connectivity index (χ2v) is 5.31. The smallest absolute Gasteiger partial charge is 0.415 e. The van der Waals surface area contributed by atoms with Gasteiger partial charge in [-0.2, -0.15) is 18.4 Å². The number of β-amino-alcohol motifs (C(OH)–C–C–N with tert-alkyl or cyclic N) is 1. The van der Waals surface area contributed by atoms with Crippen LogP contribution in [0.4, 0.5) is 13.2 Å². The van der Waals surface area contributed by atoms with E-state index in [1.165, 1.54) is 0 Å². The minimum atomic E-state index is -4.58. The minimum absolute atomic E-state index is 0.0896. The van der Waals surface area contributed by atoms with Crippen LogP contribution >= 0.6 is 0 Å². The number of nitrogens with zero attached hydrogens (tertiary/aromatic N) is 2. The second-order valence-electron chi connectivity index (χ2n) is 5.31. The van der Waals surface area contributed by atoms with Crippen LogP contribution in [-0.2, 0) is 0 Å². The van der Waals surface area contributed by atoms with Crippen LogP contribution in [0.1, 0.15) is 18.4 Å². The van der Waals surface area contributed by atoms with Gasteiger partial charge >= 0.3 is 6.18 Å². The molecule has 0 bridgehead atoms. The van der Waals surface area contributed by atoms with Crippen molar-refractivity contribution in [1.29, 1.82) is 5.26 Å². The van der Waals surface area contributed by atoms with Crippen molar-refractivity contribution in [3.8, 4) is 11.8 Å². The minimum Gasteiger partial charge on any atom is -0.490 e. The van der Waals surface area contributed by atoms with E-state index in [-0.39, 0.29) is 6.10 Å². The molecule has 1 unspecified atom stereocenters. The Kier molecular flexibility index (Phi) is 5.27. The van der Waals surface area contributed by atoms with Crippen LogP contribution in [0, 0.1) is 11.3 Å². The highest BCUT2D eigenvalue weighted by molar-refractivity contribution is 5.36. The van der Waals surface area contributed by atoms with Crippen molar-refractivity contribution in [2.45, 2.75) is 31.2 Å². The number of likely N-dealkylation sites (tertiary alicyclic amines) is 1. The summed E-state index contributed by atoms with van der Waals surface area (Å²) >= 11 is 0. The molecule has 0 radical (unpaired) electrons. The zero-order chi connectivity index (χ0) is 16.2. The molecule has 0 saturated carbocycles. The number of aliphatic hydroxyl groups is 1. The number of hydrogen-bond acceptors (Lipinski definition) is 4. The number of alkyl halides is 3. The predicted octanol–water partition coefficient (Wildman–Crippen LogP) is 2.32. The van der Waals surface area contributed by atoms with Crippen LogP contribution < -0.4 is 4.74 Å². The van der Waals surface area contributed by atoms with E-state index >= 15 is 0 Å². The molecule has 0 amide bonds. The van der Waals surface area contributed by atoms with Crippen LogP contribution in [0.25, 0.3) is 0 Å². The molecular formula is C15H17F3N2O2. The molecule has 1 fully saturated rings. The van der Waals surface area contributed by atoms with Gasteiger partial charge in [0.15, 0.2) is 6.10 Å². The first-order valence-corrected chi connectivity index (χ1v) is 7.02. The fourth-order valence-electron chi connectivity index (χ4n) is 2.39. The number of piperidine rings is 1. The van der Waals surface area contributed by atoms with E-state index in [1.54, 1.807) is 29.2 Å². The van der Waals surface area contributed by atoms with Gasteiger partial charge < -0.3 is 14.7 Å². The van der Waals surface area contributed by atoms with Gasteiger partial charge in [-0.1, -0.05) is 6.07 Å². The predicted molar refractivity (Wildman–Crippen MR) is 73.3 cm³/mol. The zero-order valence-electron chi connectivity index (χ0n) is 11.9. The molecular weight excluding hydrogens is 297 g/mol. The Labute approximate surface area is 126 Å². The van der Waals surface area contributed by atoms with Crippen molar-refractivity contribution in [1.82, 2.24) is 4.90 Å². The summed E-state index contributed by atoms with van der Waals surface area (Å²) < 4.78 is 42.7. The van der Waals surface area contributed by atoms with Gasteiger partial charge in [-0.3, -0.25) is 0 Å². The van der Waals surface area contributed by atoms with Crippen LogP contribution in [0.15, 0.2) is 24.3 Å². The average Bonchev–Trinajstić information content (AvgIpc) is 2.48. The molecule has 1 aromatic carbocycles. The molecule has 1 atom stereocenters.